The summed E-state index contributed by atoms with van der Waals surface area (Å²) in [6.45, 7) is -0.506. The van der Waals surface area contributed by atoms with E-state index in [0.29, 0.717) is 10.8 Å². The maximum atomic E-state index is 12.2. The van der Waals surface area contributed by atoms with Gasteiger partial charge in [-0.05, 0) is 17.7 Å². The predicted molar refractivity (Wildman–Crippen MR) is 77.0 cm³/mol. The highest BCUT2D eigenvalue weighted by molar-refractivity contribution is 6.04. The Morgan fingerprint density at radius 3 is 2.10 bits per heavy atom. The van der Waals surface area contributed by atoms with Gasteiger partial charge in [0.25, 0.3) is 0 Å². The van der Waals surface area contributed by atoms with Gasteiger partial charge >= 0.3 is 0 Å². The quantitative estimate of drug-likeness (QED) is 0.478. The van der Waals surface area contributed by atoms with Crippen LogP contribution in [0.25, 0.3) is 0 Å². The summed E-state index contributed by atoms with van der Waals surface area (Å²) in [6.07, 6.45) is 0.184. The molecule has 0 saturated carbocycles. The molecule has 0 aliphatic rings. The van der Waals surface area contributed by atoms with Gasteiger partial charge in [0.05, 0.1) is 5.69 Å². The summed E-state index contributed by atoms with van der Waals surface area (Å²) in [6, 6.07) is 16.3. The van der Waals surface area contributed by atoms with Gasteiger partial charge in [0.2, 0.25) is 5.60 Å². The van der Waals surface area contributed by atoms with Crippen molar-refractivity contribution in [2.75, 3.05) is 11.6 Å². The number of para-hydroxylation sites is 1. The van der Waals surface area contributed by atoms with E-state index in [4.69, 9.17) is 0 Å². The van der Waals surface area contributed by atoms with Gasteiger partial charge in [0.15, 0.2) is 12.1 Å². The Labute approximate surface area is 122 Å². The summed E-state index contributed by atoms with van der Waals surface area (Å²) in [5.74, 6) is -0.810. The van der Waals surface area contributed by atoms with E-state index in [0.717, 1.165) is 0 Å². The minimum Gasteiger partial charge on any atom is -0.371 e. The molecule has 0 amide bonds. The van der Waals surface area contributed by atoms with Crippen molar-refractivity contribution < 1.29 is 19.9 Å². The highest BCUT2D eigenvalue weighted by Gasteiger charge is 2.38. The van der Waals surface area contributed by atoms with Crippen LogP contribution in [-0.2, 0) is 15.2 Å². The average molecular weight is 285 g/mol. The van der Waals surface area contributed by atoms with E-state index in [1.807, 2.05) is 0 Å². The minimum atomic E-state index is -2.27. The van der Waals surface area contributed by atoms with Crippen LogP contribution in [-0.4, -0.2) is 28.9 Å². The fourth-order valence-electron chi connectivity index (χ4n) is 1.93. The van der Waals surface area contributed by atoms with Crippen LogP contribution in [0, 0.1) is 0 Å². The Hall–Kier alpha value is -2.50. The number of nitrogens with zero attached hydrogens (tertiary/aromatic N) is 1. The first-order chi connectivity index (χ1) is 10.1. The second-order valence-electron chi connectivity index (χ2n) is 4.57. The van der Waals surface area contributed by atoms with Crippen molar-refractivity contribution in [1.29, 1.82) is 0 Å². The molecule has 2 aromatic carbocycles. The number of Topliss-reactive ketones (excluding diaryl/α,β-unsaturated/α-hetero) is 1. The maximum Gasteiger partial charge on any atom is 0.205 e. The van der Waals surface area contributed by atoms with Crippen LogP contribution in [0.4, 0.5) is 5.69 Å². The highest BCUT2D eigenvalue weighted by Crippen LogP contribution is 2.21. The van der Waals surface area contributed by atoms with Crippen molar-refractivity contribution in [3.05, 3.63) is 66.2 Å². The van der Waals surface area contributed by atoms with Gasteiger partial charge in [0, 0.05) is 0 Å². The van der Waals surface area contributed by atoms with Gasteiger partial charge < -0.3 is 5.11 Å². The normalized spacial score (nSPS) is 13.2. The molecule has 2 rings (SSSR count). The standard InChI is InChI=1S/C16H15NO4/c18-12-16(20,13-7-3-1-4-8-13)15(19)11-17(21)14-9-5-2-6-10-14/h1-10,12,20-21H,11H2. The number of hydrogen-bond donors (Lipinski definition) is 2. The number of benzene rings is 2. The number of rotatable bonds is 6. The third-order valence-corrected chi connectivity index (χ3v) is 3.16. The average Bonchev–Trinajstić information content (AvgIpc) is 2.55. The first-order valence-electron chi connectivity index (χ1n) is 6.37. The van der Waals surface area contributed by atoms with E-state index in [-0.39, 0.29) is 11.8 Å². The molecular weight excluding hydrogens is 270 g/mol. The van der Waals surface area contributed by atoms with Crippen LogP contribution in [0.5, 0.6) is 0 Å². The second-order valence-corrected chi connectivity index (χ2v) is 4.57. The van der Waals surface area contributed by atoms with Gasteiger partial charge in [-0.3, -0.25) is 14.8 Å². The predicted octanol–water partition coefficient (Wildman–Crippen LogP) is 1.54. The fraction of sp³-hybridized carbons (Fsp3) is 0.125. The molecule has 0 aromatic heterocycles. The molecule has 0 aliphatic heterocycles. The van der Waals surface area contributed by atoms with Crippen LogP contribution in [0.15, 0.2) is 60.7 Å². The molecule has 1 atom stereocenters. The number of hydroxylamine groups is 1. The molecular formula is C16H15NO4. The lowest BCUT2D eigenvalue weighted by atomic mass is 9.90. The van der Waals surface area contributed by atoms with Crippen molar-refractivity contribution in [1.82, 2.24) is 0 Å². The Bertz CT molecular complexity index is 615. The zero-order chi connectivity index (χ0) is 15.3. The third-order valence-electron chi connectivity index (χ3n) is 3.16. The number of carbonyl (C=O) groups excluding carboxylic acids is 2. The van der Waals surface area contributed by atoms with E-state index in [1.165, 1.54) is 12.1 Å². The largest absolute Gasteiger partial charge is 0.371 e. The Morgan fingerprint density at radius 2 is 1.57 bits per heavy atom. The summed E-state index contributed by atoms with van der Waals surface area (Å²) >= 11 is 0. The van der Waals surface area contributed by atoms with Crippen LogP contribution >= 0.6 is 0 Å². The summed E-state index contributed by atoms with van der Waals surface area (Å²) in [5, 5.41) is 20.9. The molecule has 2 aromatic rings. The molecule has 5 nitrogen and oxygen atoms in total. The van der Waals surface area contributed by atoms with Crippen molar-refractivity contribution in [3.8, 4) is 0 Å². The number of aliphatic hydroxyl groups is 1. The van der Waals surface area contributed by atoms with Gasteiger partial charge in [-0.2, -0.15) is 0 Å². The lowest BCUT2D eigenvalue weighted by Gasteiger charge is -2.24. The number of hydrogen-bond acceptors (Lipinski definition) is 5. The number of carbonyl (C=O) groups is 2. The first-order valence-corrected chi connectivity index (χ1v) is 6.37. The zero-order valence-electron chi connectivity index (χ0n) is 11.2. The van der Waals surface area contributed by atoms with Crippen LogP contribution in [0.1, 0.15) is 5.56 Å². The van der Waals surface area contributed by atoms with Gasteiger partial charge in [-0.15, -0.1) is 0 Å². The molecule has 21 heavy (non-hydrogen) atoms. The molecule has 0 saturated heterocycles. The summed E-state index contributed by atoms with van der Waals surface area (Å²) in [5.41, 5.74) is -1.70. The molecule has 0 heterocycles. The first kappa shape index (κ1) is 14.9. The lowest BCUT2D eigenvalue weighted by Crippen LogP contribution is -2.43. The van der Waals surface area contributed by atoms with Gasteiger partial charge in [0.1, 0.15) is 6.54 Å². The molecule has 5 heteroatoms. The number of anilines is 1. The summed E-state index contributed by atoms with van der Waals surface area (Å²) in [7, 11) is 0. The maximum absolute atomic E-state index is 12.2. The third kappa shape index (κ3) is 3.16. The van der Waals surface area contributed by atoms with E-state index >= 15 is 0 Å². The van der Waals surface area contributed by atoms with Crippen molar-refractivity contribution in [3.63, 3.8) is 0 Å². The van der Waals surface area contributed by atoms with Crippen LogP contribution < -0.4 is 5.06 Å². The molecule has 0 spiro atoms. The number of ketones is 1. The molecule has 0 fully saturated rings. The van der Waals surface area contributed by atoms with Crippen molar-refractivity contribution >= 4 is 17.8 Å². The topological polar surface area (TPSA) is 77.8 Å². The molecule has 1 unspecified atom stereocenters. The molecule has 0 aliphatic carbocycles. The molecule has 0 radical (unpaired) electrons. The smallest absolute Gasteiger partial charge is 0.205 e. The van der Waals surface area contributed by atoms with E-state index in [9.17, 15) is 19.9 Å². The van der Waals surface area contributed by atoms with E-state index in [1.54, 1.807) is 48.5 Å². The minimum absolute atomic E-state index is 0.173. The molecule has 108 valence electrons. The number of aldehydes is 1. The monoisotopic (exact) mass is 285 g/mol. The Kier molecular flexibility index (Phi) is 4.47. The van der Waals surface area contributed by atoms with Gasteiger partial charge in [-0.25, -0.2) is 5.06 Å². The SMILES string of the molecule is O=CC(O)(C(=O)CN(O)c1ccccc1)c1ccccc1. The van der Waals surface area contributed by atoms with Crippen LogP contribution in [0.2, 0.25) is 0 Å². The fourth-order valence-corrected chi connectivity index (χ4v) is 1.93. The Morgan fingerprint density at radius 1 is 1.05 bits per heavy atom. The molecule has 0 bridgehead atoms. The Balaban J connectivity index is 2.20. The van der Waals surface area contributed by atoms with E-state index in [2.05, 4.69) is 0 Å². The highest BCUT2D eigenvalue weighted by atomic mass is 16.5. The molecule has 2 N–H and O–H groups in total. The van der Waals surface area contributed by atoms with Crippen molar-refractivity contribution in [2.45, 2.75) is 5.60 Å². The van der Waals surface area contributed by atoms with Gasteiger partial charge in [-0.1, -0.05) is 48.5 Å². The lowest BCUT2D eigenvalue weighted by molar-refractivity contribution is -0.144. The summed E-state index contributed by atoms with van der Waals surface area (Å²) in [4.78, 5) is 23.4. The second kappa shape index (κ2) is 6.30. The van der Waals surface area contributed by atoms with Crippen LogP contribution in [0.3, 0.4) is 0 Å². The van der Waals surface area contributed by atoms with E-state index < -0.39 is 17.9 Å². The summed E-state index contributed by atoms with van der Waals surface area (Å²) < 4.78 is 0. The van der Waals surface area contributed by atoms with Crippen molar-refractivity contribution in [2.24, 2.45) is 0 Å². The zero-order valence-corrected chi connectivity index (χ0v) is 11.2.